The lowest BCUT2D eigenvalue weighted by atomic mass is 10.1. The summed E-state index contributed by atoms with van der Waals surface area (Å²) in [5, 5.41) is 0.692. The number of ether oxygens (including phenoxy) is 1. The standard InChI is InChI=1S/C19H21N3O4S2/c1-27-18-17(8-5-9-20-18)19(23)21-10-14-12-22(13-15(11-21)26-14)28(24,25)16-6-3-2-4-7-16/h2-9,14-15H,10-13H2,1H3. The minimum atomic E-state index is -3.57. The zero-order chi connectivity index (χ0) is 19.7. The molecule has 2 atom stereocenters. The number of aromatic nitrogens is 1. The van der Waals surface area contributed by atoms with E-state index in [-0.39, 0.29) is 36.1 Å². The summed E-state index contributed by atoms with van der Waals surface area (Å²) in [6.45, 7) is 1.19. The lowest BCUT2D eigenvalue weighted by Gasteiger charge is -2.45. The van der Waals surface area contributed by atoms with Crippen LogP contribution in [0.2, 0.25) is 0 Å². The Bertz CT molecular complexity index is 954. The van der Waals surface area contributed by atoms with Crippen LogP contribution in [-0.2, 0) is 14.8 Å². The highest BCUT2D eigenvalue weighted by Gasteiger charge is 2.41. The van der Waals surface area contributed by atoms with Crippen molar-refractivity contribution in [2.45, 2.75) is 22.1 Å². The number of amides is 1. The molecule has 2 aromatic rings. The first-order valence-corrected chi connectivity index (χ1v) is 11.6. The van der Waals surface area contributed by atoms with Gasteiger partial charge in [0, 0.05) is 32.4 Å². The maximum atomic E-state index is 13.0. The molecule has 2 aliphatic rings. The predicted octanol–water partition coefficient (Wildman–Crippen LogP) is 1.72. The largest absolute Gasteiger partial charge is 0.369 e. The van der Waals surface area contributed by atoms with Crippen molar-refractivity contribution >= 4 is 27.7 Å². The molecule has 0 saturated carbocycles. The van der Waals surface area contributed by atoms with E-state index in [1.165, 1.54) is 16.1 Å². The Labute approximate surface area is 168 Å². The maximum Gasteiger partial charge on any atom is 0.256 e. The number of sulfonamides is 1. The van der Waals surface area contributed by atoms with Gasteiger partial charge in [0.05, 0.1) is 22.7 Å². The number of benzene rings is 1. The molecule has 1 amide bonds. The van der Waals surface area contributed by atoms with Gasteiger partial charge in [-0.1, -0.05) is 18.2 Å². The molecule has 2 bridgehead atoms. The molecular formula is C19H21N3O4S2. The number of hydrogen-bond donors (Lipinski definition) is 0. The SMILES string of the molecule is CSc1ncccc1C(=O)N1CC2CN(S(=O)(=O)c3ccccc3)CC(C1)O2. The van der Waals surface area contributed by atoms with Crippen molar-refractivity contribution in [3.8, 4) is 0 Å². The Balaban J connectivity index is 1.51. The zero-order valence-corrected chi connectivity index (χ0v) is 17.0. The second-order valence-corrected chi connectivity index (χ2v) is 9.52. The molecule has 2 fully saturated rings. The van der Waals surface area contributed by atoms with Crippen LogP contribution in [0.5, 0.6) is 0 Å². The summed E-state index contributed by atoms with van der Waals surface area (Å²) in [6.07, 6.45) is 2.87. The molecule has 1 aromatic carbocycles. The third kappa shape index (κ3) is 3.67. The van der Waals surface area contributed by atoms with Crippen LogP contribution in [0.4, 0.5) is 0 Å². The smallest absolute Gasteiger partial charge is 0.256 e. The minimum Gasteiger partial charge on any atom is -0.369 e. The molecule has 0 aliphatic carbocycles. The lowest BCUT2D eigenvalue weighted by molar-refractivity contribution is -0.113. The molecule has 2 unspecified atom stereocenters. The molecule has 1 aromatic heterocycles. The van der Waals surface area contributed by atoms with Crippen LogP contribution in [0.15, 0.2) is 58.6 Å². The highest BCUT2D eigenvalue weighted by atomic mass is 32.2. The maximum absolute atomic E-state index is 13.0. The Morgan fingerprint density at radius 1 is 1.07 bits per heavy atom. The van der Waals surface area contributed by atoms with Gasteiger partial charge in [-0.3, -0.25) is 4.79 Å². The predicted molar refractivity (Wildman–Crippen MR) is 106 cm³/mol. The summed E-state index contributed by atoms with van der Waals surface area (Å²) in [5.74, 6) is -0.0879. The molecule has 2 aliphatic heterocycles. The van der Waals surface area contributed by atoms with Crippen molar-refractivity contribution in [2.75, 3.05) is 32.4 Å². The van der Waals surface area contributed by atoms with Gasteiger partial charge in [-0.05, 0) is 30.5 Å². The van der Waals surface area contributed by atoms with Crippen molar-refractivity contribution < 1.29 is 17.9 Å². The van der Waals surface area contributed by atoms with Crippen LogP contribution < -0.4 is 0 Å². The summed E-state index contributed by atoms with van der Waals surface area (Å²) >= 11 is 1.43. The number of hydrogen-bond acceptors (Lipinski definition) is 6. The third-order valence-electron chi connectivity index (χ3n) is 4.91. The fourth-order valence-corrected chi connectivity index (χ4v) is 5.71. The van der Waals surface area contributed by atoms with Gasteiger partial charge in [-0.25, -0.2) is 13.4 Å². The van der Waals surface area contributed by atoms with Gasteiger partial charge >= 0.3 is 0 Å². The average molecular weight is 420 g/mol. The second-order valence-electron chi connectivity index (χ2n) is 6.79. The van der Waals surface area contributed by atoms with Crippen molar-refractivity contribution in [3.63, 3.8) is 0 Å². The van der Waals surface area contributed by atoms with E-state index in [1.54, 1.807) is 53.6 Å². The van der Waals surface area contributed by atoms with Crippen LogP contribution in [0.1, 0.15) is 10.4 Å². The number of nitrogens with zero attached hydrogens (tertiary/aromatic N) is 3. The number of carbonyl (C=O) groups excluding carboxylic acids is 1. The monoisotopic (exact) mass is 419 g/mol. The molecule has 7 nitrogen and oxygen atoms in total. The molecule has 2 saturated heterocycles. The molecule has 0 radical (unpaired) electrons. The van der Waals surface area contributed by atoms with Gasteiger partial charge in [0.2, 0.25) is 10.0 Å². The molecular weight excluding hydrogens is 398 g/mol. The number of fused-ring (bicyclic) bond motifs is 2. The van der Waals surface area contributed by atoms with E-state index in [4.69, 9.17) is 4.74 Å². The van der Waals surface area contributed by atoms with E-state index in [9.17, 15) is 13.2 Å². The molecule has 4 rings (SSSR count). The van der Waals surface area contributed by atoms with Gasteiger partial charge < -0.3 is 9.64 Å². The van der Waals surface area contributed by atoms with Gasteiger partial charge in [-0.2, -0.15) is 4.31 Å². The van der Waals surface area contributed by atoms with E-state index in [0.717, 1.165) is 0 Å². The fraction of sp³-hybridized carbons (Fsp3) is 0.368. The number of carbonyl (C=O) groups is 1. The zero-order valence-electron chi connectivity index (χ0n) is 15.4. The van der Waals surface area contributed by atoms with Crippen LogP contribution in [0, 0.1) is 0 Å². The summed E-state index contributed by atoms with van der Waals surface area (Å²) in [5.41, 5.74) is 0.573. The summed E-state index contributed by atoms with van der Waals surface area (Å²) < 4.78 is 33.2. The quantitative estimate of drug-likeness (QED) is 0.702. The van der Waals surface area contributed by atoms with Crippen LogP contribution in [0.3, 0.4) is 0 Å². The topological polar surface area (TPSA) is 79.8 Å². The number of thioether (sulfide) groups is 1. The molecule has 9 heteroatoms. The highest BCUT2D eigenvalue weighted by Crippen LogP contribution is 2.27. The number of pyridine rings is 1. The van der Waals surface area contributed by atoms with Gasteiger partial charge in [0.1, 0.15) is 5.03 Å². The molecule has 28 heavy (non-hydrogen) atoms. The van der Waals surface area contributed by atoms with E-state index in [1.807, 2.05) is 6.26 Å². The molecule has 148 valence electrons. The highest BCUT2D eigenvalue weighted by molar-refractivity contribution is 7.98. The van der Waals surface area contributed by atoms with Crippen molar-refractivity contribution in [1.82, 2.24) is 14.2 Å². The van der Waals surface area contributed by atoms with Gasteiger partial charge in [0.25, 0.3) is 5.91 Å². The minimum absolute atomic E-state index is 0.0879. The normalized spacial score (nSPS) is 22.8. The van der Waals surface area contributed by atoms with E-state index in [0.29, 0.717) is 23.7 Å². The number of morpholine rings is 2. The van der Waals surface area contributed by atoms with Gasteiger partial charge in [0.15, 0.2) is 0 Å². The molecule has 0 spiro atoms. The van der Waals surface area contributed by atoms with Crippen molar-refractivity contribution in [3.05, 3.63) is 54.2 Å². The van der Waals surface area contributed by atoms with Gasteiger partial charge in [-0.15, -0.1) is 11.8 Å². The molecule has 3 heterocycles. The first kappa shape index (κ1) is 19.4. The Morgan fingerprint density at radius 3 is 2.39 bits per heavy atom. The lowest BCUT2D eigenvalue weighted by Crippen LogP contribution is -2.61. The molecule has 0 N–H and O–H groups in total. The van der Waals surface area contributed by atoms with Crippen LogP contribution >= 0.6 is 11.8 Å². The van der Waals surface area contributed by atoms with Crippen LogP contribution in [-0.4, -0.2) is 73.2 Å². The second kappa shape index (κ2) is 7.82. The van der Waals surface area contributed by atoms with Crippen molar-refractivity contribution in [1.29, 1.82) is 0 Å². The summed E-state index contributed by atoms with van der Waals surface area (Å²) in [4.78, 5) is 19.3. The van der Waals surface area contributed by atoms with Crippen molar-refractivity contribution in [2.24, 2.45) is 0 Å². The summed E-state index contributed by atoms with van der Waals surface area (Å²) in [6, 6.07) is 11.9. The fourth-order valence-electron chi connectivity index (χ4n) is 3.64. The Hall–Kier alpha value is -1.94. The van der Waals surface area contributed by atoms with E-state index < -0.39 is 10.0 Å². The van der Waals surface area contributed by atoms with E-state index >= 15 is 0 Å². The third-order valence-corrected chi connectivity index (χ3v) is 7.47. The van der Waals surface area contributed by atoms with E-state index in [2.05, 4.69) is 4.98 Å². The average Bonchev–Trinajstić information content (AvgIpc) is 2.73. The Morgan fingerprint density at radius 2 is 1.75 bits per heavy atom. The Kier molecular flexibility index (Phi) is 5.42. The number of rotatable bonds is 4. The van der Waals surface area contributed by atoms with Crippen LogP contribution in [0.25, 0.3) is 0 Å². The first-order chi connectivity index (χ1) is 13.5. The first-order valence-electron chi connectivity index (χ1n) is 8.98. The summed E-state index contributed by atoms with van der Waals surface area (Å²) in [7, 11) is -3.57.